The van der Waals surface area contributed by atoms with Gasteiger partial charge in [-0.3, -0.25) is 0 Å². The molecule has 0 aromatic carbocycles. The fourth-order valence-electron chi connectivity index (χ4n) is 1.46. The first-order valence-corrected chi connectivity index (χ1v) is 3.62. The number of aliphatic hydroxyl groups is 1. The second-order valence-electron chi connectivity index (χ2n) is 2.85. The van der Waals surface area contributed by atoms with Gasteiger partial charge in [-0.05, 0) is 0 Å². The lowest BCUT2D eigenvalue weighted by Crippen LogP contribution is -2.45. The molecule has 5 heteroatoms. The molecule has 0 aromatic heterocycles. The third-order valence-corrected chi connectivity index (χ3v) is 2.04. The van der Waals surface area contributed by atoms with E-state index in [1.165, 1.54) is 0 Å². The Balaban J connectivity index is 2.02. The number of carbonyl (C=O) groups is 1. The lowest BCUT2D eigenvalue weighted by atomic mass is 10.1. The quantitative estimate of drug-likeness (QED) is 0.413. The van der Waals surface area contributed by atoms with Gasteiger partial charge in [-0.25, -0.2) is 4.79 Å². The Morgan fingerprint density at radius 2 is 2.18 bits per heavy atom. The van der Waals surface area contributed by atoms with Crippen LogP contribution < -0.4 is 10.6 Å². The maximum Gasteiger partial charge on any atom is 0.315 e. The highest BCUT2D eigenvalue weighted by Crippen LogP contribution is 2.15. The van der Waals surface area contributed by atoms with Gasteiger partial charge in [-0.15, -0.1) is 0 Å². The Bertz CT molecular complexity index is 185. The monoisotopic (exact) mass is 158 g/mol. The minimum Gasteiger partial charge on any atom is -0.368 e. The summed E-state index contributed by atoms with van der Waals surface area (Å²) in [7, 11) is 0. The molecule has 3 atom stereocenters. The first kappa shape index (κ1) is 6.87. The first-order chi connectivity index (χ1) is 5.25. The average Bonchev–Trinajstić information content (AvgIpc) is 2.27. The van der Waals surface area contributed by atoms with E-state index in [0.717, 1.165) is 0 Å². The minimum absolute atomic E-state index is 0.0332. The molecule has 2 amide bonds. The lowest BCUT2D eigenvalue weighted by Gasteiger charge is -2.27. The van der Waals surface area contributed by atoms with E-state index in [-0.39, 0.29) is 18.1 Å². The highest BCUT2D eigenvalue weighted by Gasteiger charge is 2.37. The third-order valence-electron chi connectivity index (χ3n) is 2.04. The Kier molecular flexibility index (Phi) is 1.47. The number of hydrogen-bond donors (Lipinski definition) is 3. The zero-order valence-electron chi connectivity index (χ0n) is 5.91. The van der Waals surface area contributed by atoms with E-state index in [1.54, 1.807) is 0 Å². The predicted octanol–water partition coefficient (Wildman–Crippen LogP) is -1.22. The molecular weight excluding hydrogens is 148 g/mol. The minimum atomic E-state index is -0.726. The molecule has 0 radical (unpaired) electrons. The summed E-state index contributed by atoms with van der Waals surface area (Å²) in [4.78, 5) is 10.8. The molecule has 11 heavy (non-hydrogen) atoms. The maximum absolute atomic E-state index is 10.8. The van der Waals surface area contributed by atoms with Crippen molar-refractivity contribution in [1.29, 1.82) is 0 Å². The molecule has 62 valence electrons. The van der Waals surface area contributed by atoms with Crippen molar-refractivity contribution in [3.8, 4) is 0 Å². The van der Waals surface area contributed by atoms with Gasteiger partial charge in [0, 0.05) is 6.42 Å². The molecule has 3 unspecified atom stereocenters. The number of fused-ring (bicyclic) bond motifs is 1. The molecule has 0 bridgehead atoms. The van der Waals surface area contributed by atoms with Crippen LogP contribution in [-0.4, -0.2) is 36.1 Å². The van der Waals surface area contributed by atoms with E-state index in [2.05, 4.69) is 10.6 Å². The summed E-state index contributed by atoms with van der Waals surface area (Å²) < 4.78 is 4.94. The smallest absolute Gasteiger partial charge is 0.315 e. The van der Waals surface area contributed by atoms with Crippen LogP contribution in [0.5, 0.6) is 0 Å². The van der Waals surface area contributed by atoms with Crippen molar-refractivity contribution in [1.82, 2.24) is 10.6 Å². The Labute approximate surface area is 63.7 Å². The Hall–Kier alpha value is -0.810. The van der Waals surface area contributed by atoms with Crippen LogP contribution in [0.3, 0.4) is 0 Å². The molecule has 0 saturated carbocycles. The third kappa shape index (κ3) is 1.17. The molecule has 2 aliphatic heterocycles. The van der Waals surface area contributed by atoms with E-state index in [4.69, 9.17) is 9.84 Å². The van der Waals surface area contributed by atoms with Crippen LogP contribution in [0.1, 0.15) is 6.42 Å². The van der Waals surface area contributed by atoms with Crippen LogP contribution in [0.15, 0.2) is 0 Å². The summed E-state index contributed by atoms with van der Waals surface area (Å²) in [5, 5.41) is 14.4. The van der Waals surface area contributed by atoms with Crippen LogP contribution in [0, 0.1) is 0 Å². The molecular formula is C6H10N2O3. The van der Waals surface area contributed by atoms with E-state index in [9.17, 15) is 4.79 Å². The highest BCUT2D eigenvalue weighted by molar-refractivity contribution is 5.77. The molecule has 2 saturated heterocycles. The van der Waals surface area contributed by atoms with Crippen molar-refractivity contribution in [2.75, 3.05) is 6.61 Å². The molecule has 2 aliphatic rings. The van der Waals surface area contributed by atoms with Crippen molar-refractivity contribution in [3.05, 3.63) is 0 Å². The zero-order valence-corrected chi connectivity index (χ0v) is 5.91. The van der Waals surface area contributed by atoms with Crippen LogP contribution in [0.4, 0.5) is 4.79 Å². The molecule has 2 rings (SSSR count). The molecule has 0 aromatic rings. The Morgan fingerprint density at radius 3 is 3.00 bits per heavy atom. The number of amides is 2. The van der Waals surface area contributed by atoms with Gasteiger partial charge in [-0.1, -0.05) is 0 Å². The zero-order chi connectivity index (χ0) is 7.84. The van der Waals surface area contributed by atoms with Gasteiger partial charge in [0.15, 0.2) is 6.29 Å². The van der Waals surface area contributed by atoms with Gasteiger partial charge < -0.3 is 20.5 Å². The average molecular weight is 158 g/mol. The van der Waals surface area contributed by atoms with E-state index < -0.39 is 6.29 Å². The molecule has 0 aliphatic carbocycles. The van der Waals surface area contributed by atoms with Crippen molar-refractivity contribution < 1.29 is 14.6 Å². The number of ether oxygens (including phenoxy) is 1. The number of urea groups is 1. The van der Waals surface area contributed by atoms with Crippen LogP contribution in [0.25, 0.3) is 0 Å². The van der Waals surface area contributed by atoms with E-state index in [1.807, 2.05) is 0 Å². The molecule has 3 N–H and O–H groups in total. The number of rotatable bonds is 0. The number of hydrogen-bond acceptors (Lipinski definition) is 3. The van der Waals surface area contributed by atoms with E-state index >= 15 is 0 Å². The molecule has 2 fully saturated rings. The van der Waals surface area contributed by atoms with Crippen molar-refractivity contribution in [2.24, 2.45) is 0 Å². The highest BCUT2D eigenvalue weighted by atomic mass is 16.6. The second kappa shape index (κ2) is 2.35. The van der Waals surface area contributed by atoms with Crippen molar-refractivity contribution in [2.45, 2.75) is 24.8 Å². The van der Waals surface area contributed by atoms with Crippen molar-refractivity contribution >= 4 is 6.03 Å². The number of aliphatic hydroxyl groups excluding tert-OH is 1. The molecule has 0 spiro atoms. The van der Waals surface area contributed by atoms with Crippen LogP contribution in [-0.2, 0) is 4.74 Å². The van der Waals surface area contributed by atoms with Gasteiger partial charge in [-0.2, -0.15) is 0 Å². The van der Waals surface area contributed by atoms with Gasteiger partial charge in [0.1, 0.15) is 0 Å². The summed E-state index contributed by atoms with van der Waals surface area (Å²) in [5.41, 5.74) is 0. The fraction of sp³-hybridized carbons (Fsp3) is 0.833. The number of nitrogens with one attached hydrogen (secondary N) is 2. The van der Waals surface area contributed by atoms with Crippen LogP contribution in [0.2, 0.25) is 0 Å². The lowest BCUT2D eigenvalue weighted by molar-refractivity contribution is -0.134. The van der Waals surface area contributed by atoms with Gasteiger partial charge in [0.25, 0.3) is 0 Å². The standard InChI is InChI=1S/C6H10N2O3/c9-5-1-3-4(2-11-5)8-6(10)7-3/h3-5,9H,1-2H2,(H2,7,8,10). The SMILES string of the molecule is O=C1NC2COC(O)CC2N1. The largest absolute Gasteiger partial charge is 0.368 e. The van der Waals surface area contributed by atoms with Crippen molar-refractivity contribution in [3.63, 3.8) is 0 Å². The first-order valence-electron chi connectivity index (χ1n) is 3.62. The van der Waals surface area contributed by atoms with Gasteiger partial charge in [0.05, 0.1) is 18.7 Å². The summed E-state index contributed by atoms with van der Waals surface area (Å²) in [6.07, 6.45) is -0.250. The van der Waals surface area contributed by atoms with Crippen LogP contribution >= 0.6 is 0 Å². The summed E-state index contributed by atoms with van der Waals surface area (Å²) in [6.45, 7) is 0.393. The fourth-order valence-corrected chi connectivity index (χ4v) is 1.46. The summed E-state index contributed by atoms with van der Waals surface area (Å²) >= 11 is 0. The predicted molar refractivity (Wildman–Crippen MR) is 35.8 cm³/mol. The van der Waals surface area contributed by atoms with Gasteiger partial charge >= 0.3 is 6.03 Å². The van der Waals surface area contributed by atoms with Gasteiger partial charge in [0.2, 0.25) is 0 Å². The summed E-state index contributed by atoms with van der Waals surface area (Å²) in [6, 6.07) is -0.102. The maximum atomic E-state index is 10.8. The second-order valence-corrected chi connectivity index (χ2v) is 2.85. The summed E-state index contributed by atoms with van der Waals surface area (Å²) in [5.74, 6) is 0. The molecule has 2 heterocycles. The molecule has 5 nitrogen and oxygen atoms in total. The Morgan fingerprint density at radius 1 is 1.45 bits per heavy atom. The normalized spacial score (nSPS) is 42.6. The van der Waals surface area contributed by atoms with E-state index in [0.29, 0.717) is 13.0 Å². The number of carbonyl (C=O) groups excluding carboxylic acids is 1. The topological polar surface area (TPSA) is 70.6 Å².